The molecule has 1 N–H and O–H groups in total. The SMILES string of the molecule is COc1cc(CN[C@@H](CC(C)C)c2ccccn2)ccn1. The van der Waals surface area contributed by atoms with Gasteiger partial charge in [0.05, 0.1) is 12.8 Å². The maximum Gasteiger partial charge on any atom is 0.213 e. The fraction of sp³-hybridized carbons (Fsp3) is 0.412. The van der Waals surface area contributed by atoms with Gasteiger partial charge >= 0.3 is 0 Å². The van der Waals surface area contributed by atoms with Crippen LogP contribution in [-0.2, 0) is 6.54 Å². The van der Waals surface area contributed by atoms with Crippen molar-refractivity contribution in [2.75, 3.05) is 7.11 Å². The molecule has 2 heterocycles. The minimum Gasteiger partial charge on any atom is -0.481 e. The maximum absolute atomic E-state index is 5.16. The van der Waals surface area contributed by atoms with Crippen LogP contribution in [0.3, 0.4) is 0 Å². The summed E-state index contributed by atoms with van der Waals surface area (Å²) in [7, 11) is 1.63. The van der Waals surface area contributed by atoms with Gasteiger partial charge in [-0.15, -0.1) is 0 Å². The van der Waals surface area contributed by atoms with Gasteiger partial charge in [-0.3, -0.25) is 4.98 Å². The second kappa shape index (κ2) is 7.74. The molecule has 0 saturated heterocycles. The molecule has 4 nitrogen and oxygen atoms in total. The van der Waals surface area contributed by atoms with E-state index in [1.54, 1.807) is 13.3 Å². The van der Waals surface area contributed by atoms with E-state index in [-0.39, 0.29) is 6.04 Å². The molecule has 2 aromatic heterocycles. The first-order chi connectivity index (χ1) is 10.2. The summed E-state index contributed by atoms with van der Waals surface area (Å²) in [5, 5.41) is 3.59. The highest BCUT2D eigenvalue weighted by atomic mass is 16.5. The molecule has 21 heavy (non-hydrogen) atoms. The van der Waals surface area contributed by atoms with Crippen LogP contribution in [0.25, 0.3) is 0 Å². The first kappa shape index (κ1) is 15.4. The Balaban J connectivity index is 2.05. The Morgan fingerprint density at radius 1 is 1.14 bits per heavy atom. The third kappa shape index (κ3) is 4.83. The number of aromatic nitrogens is 2. The minimum absolute atomic E-state index is 0.255. The van der Waals surface area contributed by atoms with Crippen LogP contribution < -0.4 is 10.1 Å². The standard InChI is InChI=1S/C17H23N3O/c1-13(2)10-16(15-6-4-5-8-18-15)20-12-14-7-9-19-17(11-14)21-3/h4-9,11,13,16,20H,10,12H2,1-3H3/t16-/m0/s1. The van der Waals surface area contributed by atoms with Crippen molar-refractivity contribution in [1.29, 1.82) is 0 Å². The van der Waals surface area contributed by atoms with E-state index in [4.69, 9.17) is 4.74 Å². The molecular formula is C17H23N3O. The molecule has 0 saturated carbocycles. The van der Waals surface area contributed by atoms with Crippen molar-refractivity contribution in [3.05, 3.63) is 54.0 Å². The summed E-state index contributed by atoms with van der Waals surface area (Å²) < 4.78 is 5.16. The van der Waals surface area contributed by atoms with Crippen LogP contribution in [0.4, 0.5) is 0 Å². The summed E-state index contributed by atoms with van der Waals surface area (Å²) in [6, 6.07) is 10.3. The Bertz CT molecular complexity index is 543. The van der Waals surface area contributed by atoms with Gasteiger partial charge in [0, 0.05) is 31.0 Å². The van der Waals surface area contributed by atoms with Crippen LogP contribution in [0.15, 0.2) is 42.7 Å². The molecule has 2 aromatic rings. The number of hydrogen-bond donors (Lipinski definition) is 1. The van der Waals surface area contributed by atoms with E-state index in [1.165, 1.54) is 0 Å². The van der Waals surface area contributed by atoms with Crippen LogP contribution in [0, 0.1) is 5.92 Å². The van der Waals surface area contributed by atoms with Crippen molar-refractivity contribution in [3.63, 3.8) is 0 Å². The average Bonchev–Trinajstić information content (AvgIpc) is 2.52. The zero-order valence-electron chi connectivity index (χ0n) is 12.9. The van der Waals surface area contributed by atoms with Gasteiger partial charge < -0.3 is 10.1 Å². The van der Waals surface area contributed by atoms with Crippen molar-refractivity contribution in [1.82, 2.24) is 15.3 Å². The van der Waals surface area contributed by atoms with Crippen molar-refractivity contribution < 1.29 is 4.74 Å². The number of pyridine rings is 2. The number of rotatable bonds is 7. The van der Waals surface area contributed by atoms with E-state index in [9.17, 15) is 0 Å². The summed E-state index contributed by atoms with van der Waals surface area (Å²) in [5.41, 5.74) is 2.25. The normalized spacial score (nSPS) is 12.4. The number of nitrogens with one attached hydrogen (secondary N) is 1. The van der Waals surface area contributed by atoms with Gasteiger partial charge in [-0.1, -0.05) is 19.9 Å². The topological polar surface area (TPSA) is 47.0 Å². The third-order valence-electron chi connectivity index (χ3n) is 3.31. The highest BCUT2D eigenvalue weighted by molar-refractivity contribution is 5.20. The van der Waals surface area contributed by atoms with Crippen molar-refractivity contribution in [2.24, 2.45) is 5.92 Å². The predicted molar refractivity (Wildman–Crippen MR) is 84.1 cm³/mol. The maximum atomic E-state index is 5.16. The molecule has 1 atom stereocenters. The second-order valence-electron chi connectivity index (χ2n) is 5.52. The van der Waals surface area contributed by atoms with Gasteiger partial charge in [0.25, 0.3) is 0 Å². The summed E-state index contributed by atoms with van der Waals surface area (Å²) in [6.45, 7) is 5.23. The summed E-state index contributed by atoms with van der Waals surface area (Å²) >= 11 is 0. The Kier molecular flexibility index (Phi) is 5.69. The molecule has 0 bridgehead atoms. The molecule has 0 amide bonds. The summed E-state index contributed by atoms with van der Waals surface area (Å²) in [5.74, 6) is 1.25. The summed E-state index contributed by atoms with van der Waals surface area (Å²) in [6.07, 6.45) is 4.67. The van der Waals surface area contributed by atoms with E-state index in [0.717, 1.165) is 24.2 Å². The Labute approximate surface area is 126 Å². The number of hydrogen-bond acceptors (Lipinski definition) is 4. The first-order valence-electron chi connectivity index (χ1n) is 7.32. The van der Waals surface area contributed by atoms with Crippen LogP contribution in [0.5, 0.6) is 5.88 Å². The Hall–Kier alpha value is -1.94. The lowest BCUT2D eigenvalue weighted by atomic mass is 10.0. The van der Waals surface area contributed by atoms with Crippen LogP contribution in [0.1, 0.15) is 37.6 Å². The quantitative estimate of drug-likeness (QED) is 0.847. The lowest BCUT2D eigenvalue weighted by molar-refractivity contribution is 0.395. The zero-order valence-corrected chi connectivity index (χ0v) is 12.9. The second-order valence-corrected chi connectivity index (χ2v) is 5.52. The van der Waals surface area contributed by atoms with Crippen LogP contribution in [-0.4, -0.2) is 17.1 Å². The molecular weight excluding hydrogens is 262 g/mol. The Morgan fingerprint density at radius 2 is 2.00 bits per heavy atom. The fourth-order valence-electron chi connectivity index (χ4n) is 2.28. The third-order valence-corrected chi connectivity index (χ3v) is 3.31. The predicted octanol–water partition coefficient (Wildman–Crippen LogP) is 3.36. The highest BCUT2D eigenvalue weighted by Gasteiger charge is 2.14. The zero-order chi connectivity index (χ0) is 15.1. The molecule has 0 fully saturated rings. The van der Waals surface area contributed by atoms with E-state index in [1.807, 2.05) is 30.5 Å². The van der Waals surface area contributed by atoms with Gasteiger partial charge in [-0.2, -0.15) is 0 Å². The number of nitrogens with zero attached hydrogens (tertiary/aromatic N) is 2. The monoisotopic (exact) mass is 285 g/mol. The Morgan fingerprint density at radius 3 is 2.67 bits per heavy atom. The van der Waals surface area contributed by atoms with Gasteiger partial charge in [0.15, 0.2) is 0 Å². The number of methoxy groups -OCH3 is 1. The molecule has 4 heteroatoms. The van der Waals surface area contributed by atoms with Crippen molar-refractivity contribution >= 4 is 0 Å². The van der Waals surface area contributed by atoms with Crippen LogP contribution >= 0.6 is 0 Å². The molecule has 0 spiro atoms. The molecule has 2 rings (SSSR count). The van der Waals surface area contributed by atoms with E-state index >= 15 is 0 Å². The van der Waals surface area contributed by atoms with Gasteiger partial charge in [-0.25, -0.2) is 4.98 Å². The molecule has 0 aromatic carbocycles. The molecule has 0 unspecified atom stereocenters. The molecule has 0 radical (unpaired) electrons. The van der Waals surface area contributed by atoms with Gasteiger partial charge in [-0.05, 0) is 36.1 Å². The molecule has 112 valence electrons. The summed E-state index contributed by atoms with van der Waals surface area (Å²) in [4.78, 5) is 8.61. The molecule has 0 aliphatic carbocycles. The van der Waals surface area contributed by atoms with Crippen molar-refractivity contribution in [3.8, 4) is 5.88 Å². The molecule has 0 aliphatic heterocycles. The lowest BCUT2D eigenvalue weighted by Crippen LogP contribution is -2.23. The minimum atomic E-state index is 0.255. The van der Waals surface area contributed by atoms with E-state index in [2.05, 4.69) is 35.2 Å². The largest absolute Gasteiger partial charge is 0.481 e. The lowest BCUT2D eigenvalue weighted by Gasteiger charge is -2.20. The number of ether oxygens (including phenoxy) is 1. The first-order valence-corrected chi connectivity index (χ1v) is 7.32. The average molecular weight is 285 g/mol. The fourth-order valence-corrected chi connectivity index (χ4v) is 2.28. The van der Waals surface area contributed by atoms with Crippen molar-refractivity contribution in [2.45, 2.75) is 32.9 Å². The van der Waals surface area contributed by atoms with E-state index < -0.39 is 0 Å². The van der Waals surface area contributed by atoms with Gasteiger partial charge in [0.2, 0.25) is 5.88 Å². The van der Waals surface area contributed by atoms with Crippen LogP contribution in [0.2, 0.25) is 0 Å². The molecule has 0 aliphatic rings. The van der Waals surface area contributed by atoms with Gasteiger partial charge in [0.1, 0.15) is 0 Å². The highest BCUT2D eigenvalue weighted by Crippen LogP contribution is 2.20. The van der Waals surface area contributed by atoms with E-state index in [0.29, 0.717) is 11.8 Å². The smallest absolute Gasteiger partial charge is 0.213 e.